The molecule has 0 spiro atoms. The number of likely N-dealkylation sites (tertiary alicyclic amines) is 1. The van der Waals surface area contributed by atoms with Gasteiger partial charge in [-0.3, -0.25) is 4.79 Å². The summed E-state index contributed by atoms with van der Waals surface area (Å²) < 4.78 is 2.89. The van der Waals surface area contributed by atoms with Crippen molar-refractivity contribution in [3.05, 3.63) is 26.7 Å². The molecule has 3 aromatic rings. The van der Waals surface area contributed by atoms with Gasteiger partial charge in [-0.2, -0.15) is 0 Å². The highest BCUT2D eigenvalue weighted by atomic mass is 32.1. The van der Waals surface area contributed by atoms with Gasteiger partial charge in [0.15, 0.2) is 5.65 Å². The van der Waals surface area contributed by atoms with Gasteiger partial charge in [-0.1, -0.05) is 6.92 Å². The lowest BCUT2D eigenvalue weighted by Gasteiger charge is -2.17. The maximum atomic E-state index is 12.9. The summed E-state index contributed by atoms with van der Waals surface area (Å²) in [5.41, 5.74) is 1.69. The minimum Gasteiger partial charge on any atom is -0.341 e. The molecule has 7 nitrogen and oxygen atoms in total. The first-order valence-corrected chi connectivity index (χ1v) is 10.5. The van der Waals surface area contributed by atoms with Gasteiger partial charge in [0.05, 0.1) is 5.39 Å². The van der Waals surface area contributed by atoms with E-state index in [-0.39, 0.29) is 18.1 Å². The third kappa shape index (κ3) is 2.61. The number of amides is 1. The fourth-order valence-electron chi connectivity index (χ4n) is 4.40. The summed E-state index contributed by atoms with van der Waals surface area (Å²) in [6.07, 6.45) is 5.30. The number of fused-ring (bicyclic) bond motifs is 5. The molecule has 0 radical (unpaired) electrons. The number of hydrogen-bond acceptors (Lipinski definition) is 5. The summed E-state index contributed by atoms with van der Waals surface area (Å²) in [7, 11) is 0. The van der Waals surface area contributed by atoms with Crippen molar-refractivity contribution in [1.29, 1.82) is 0 Å². The first kappa shape index (κ1) is 16.9. The highest BCUT2D eigenvalue weighted by Gasteiger charge is 2.26. The Labute approximate surface area is 160 Å². The van der Waals surface area contributed by atoms with Crippen molar-refractivity contribution in [2.45, 2.75) is 52.5 Å². The molecule has 0 aromatic carbocycles. The maximum Gasteiger partial charge on any atom is 0.352 e. The average molecular weight is 385 g/mol. The van der Waals surface area contributed by atoms with Crippen molar-refractivity contribution in [2.75, 3.05) is 13.1 Å². The van der Waals surface area contributed by atoms with Crippen molar-refractivity contribution in [2.24, 2.45) is 5.92 Å². The highest BCUT2D eigenvalue weighted by molar-refractivity contribution is 7.19. The van der Waals surface area contributed by atoms with Crippen LogP contribution in [0.4, 0.5) is 0 Å². The first-order chi connectivity index (χ1) is 13.0. The van der Waals surface area contributed by atoms with Gasteiger partial charge < -0.3 is 4.90 Å². The highest BCUT2D eigenvalue weighted by Crippen LogP contribution is 2.38. The van der Waals surface area contributed by atoms with Crippen LogP contribution in [0.3, 0.4) is 0 Å². The van der Waals surface area contributed by atoms with Crippen molar-refractivity contribution in [3.63, 3.8) is 0 Å². The van der Waals surface area contributed by atoms with Gasteiger partial charge in [0.2, 0.25) is 5.91 Å². The SMILES string of the molecule is Cc1nc2sc3c(c2c2nn(CC(=O)N4CCCC4)c(=O)n12)CCC(C)C3. The lowest BCUT2D eigenvalue weighted by Crippen LogP contribution is -2.35. The van der Waals surface area contributed by atoms with Crippen LogP contribution in [0, 0.1) is 12.8 Å². The third-order valence-electron chi connectivity index (χ3n) is 5.89. The fraction of sp³-hybridized carbons (Fsp3) is 0.579. The van der Waals surface area contributed by atoms with Gasteiger partial charge in [0.25, 0.3) is 0 Å². The van der Waals surface area contributed by atoms with Crippen LogP contribution < -0.4 is 5.69 Å². The lowest BCUT2D eigenvalue weighted by atomic mass is 9.89. The number of rotatable bonds is 2. The molecule has 1 unspecified atom stereocenters. The van der Waals surface area contributed by atoms with Gasteiger partial charge in [-0.25, -0.2) is 18.9 Å². The molecule has 1 atom stereocenters. The number of aromatic nitrogens is 4. The Bertz CT molecular complexity index is 1120. The molecular formula is C19H23N5O2S. The van der Waals surface area contributed by atoms with Gasteiger partial charge in [0.1, 0.15) is 17.2 Å². The molecule has 1 aliphatic carbocycles. The van der Waals surface area contributed by atoms with Crippen molar-refractivity contribution >= 4 is 33.1 Å². The van der Waals surface area contributed by atoms with E-state index in [0.29, 0.717) is 17.4 Å². The van der Waals surface area contributed by atoms with E-state index in [0.717, 1.165) is 55.4 Å². The van der Waals surface area contributed by atoms with Crippen molar-refractivity contribution in [1.82, 2.24) is 24.1 Å². The normalized spacial score (nSPS) is 19.9. The second kappa shape index (κ2) is 6.15. The predicted molar refractivity (Wildman–Crippen MR) is 104 cm³/mol. The van der Waals surface area contributed by atoms with Crippen molar-refractivity contribution < 1.29 is 4.79 Å². The molecule has 0 bridgehead atoms. The van der Waals surface area contributed by atoms with Crippen LogP contribution in [0.15, 0.2) is 4.79 Å². The summed E-state index contributed by atoms with van der Waals surface area (Å²) in [6, 6.07) is 0. The van der Waals surface area contributed by atoms with Crippen LogP contribution in [0.2, 0.25) is 0 Å². The average Bonchev–Trinajstić information content (AvgIpc) is 3.33. The van der Waals surface area contributed by atoms with Crippen molar-refractivity contribution in [3.8, 4) is 0 Å². The Kier molecular flexibility index (Phi) is 3.86. The second-order valence-electron chi connectivity index (χ2n) is 7.88. The van der Waals surface area contributed by atoms with E-state index in [1.807, 2.05) is 11.8 Å². The Hall–Kier alpha value is -2.22. The number of aryl methyl sites for hydroxylation is 2. The quantitative estimate of drug-likeness (QED) is 0.678. The van der Waals surface area contributed by atoms with E-state index in [1.165, 1.54) is 15.1 Å². The summed E-state index contributed by atoms with van der Waals surface area (Å²) in [6.45, 7) is 5.68. The zero-order valence-electron chi connectivity index (χ0n) is 15.7. The third-order valence-corrected chi connectivity index (χ3v) is 7.04. The van der Waals surface area contributed by atoms with Crippen LogP contribution in [0.5, 0.6) is 0 Å². The minimum absolute atomic E-state index is 0.00477. The fourth-order valence-corrected chi connectivity index (χ4v) is 5.82. The Morgan fingerprint density at radius 3 is 2.85 bits per heavy atom. The van der Waals surface area contributed by atoms with E-state index in [4.69, 9.17) is 4.98 Å². The van der Waals surface area contributed by atoms with Gasteiger partial charge in [0, 0.05) is 18.0 Å². The molecule has 5 rings (SSSR count). The molecule has 0 saturated carbocycles. The maximum absolute atomic E-state index is 12.9. The molecule has 8 heteroatoms. The van der Waals surface area contributed by atoms with Crippen LogP contribution in [0.25, 0.3) is 15.9 Å². The standard InChI is InChI=1S/C19H23N5O2S/c1-11-5-6-13-14(9-11)27-18-16(13)17-21-23(19(26)24(17)12(2)20-18)10-15(25)22-7-3-4-8-22/h11H,3-10H2,1-2H3. The van der Waals surface area contributed by atoms with E-state index in [9.17, 15) is 9.59 Å². The van der Waals surface area contributed by atoms with Crippen LogP contribution in [-0.2, 0) is 24.2 Å². The Balaban J connectivity index is 1.65. The number of hydrogen-bond donors (Lipinski definition) is 0. The number of thiophene rings is 1. The van der Waals surface area contributed by atoms with Crippen LogP contribution >= 0.6 is 11.3 Å². The van der Waals surface area contributed by atoms with E-state index < -0.39 is 0 Å². The topological polar surface area (TPSA) is 72.5 Å². The molecular weight excluding hydrogens is 362 g/mol. The molecule has 1 aliphatic heterocycles. The molecule has 4 heterocycles. The van der Waals surface area contributed by atoms with Crippen LogP contribution in [-0.4, -0.2) is 43.1 Å². The summed E-state index contributed by atoms with van der Waals surface area (Å²) in [5, 5.41) is 5.61. The van der Waals surface area contributed by atoms with Gasteiger partial charge in [-0.15, -0.1) is 16.4 Å². The minimum atomic E-state index is -0.270. The first-order valence-electron chi connectivity index (χ1n) is 9.71. The molecule has 1 saturated heterocycles. The summed E-state index contributed by atoms with van der Waals surface area (Å²) in [4.78, 5) is 34.3. The number of carbonyl (C=O) groups is 1. The second-order valence-corrected chi connectivity index (χ2v) is 8.96. The predicted octanol–water partition coefficient (Wildman–Crippen LogP) is 2.16. The zero-order chi connectivity index (χ0) is 18.7. The monoisotopic (exact) mass is 385 g/mol. The molecule has 0 N–H and O–H groups in total. The molecule has 27 heavy (non-hydrogen) atoms. The number of carbonyl (C=O) groups excluding carboxylic acids is 1. The van der Waals surface area contributed by atoms with Crippen LogP contribution in [0.1, 0.15) is 42.5 Å². The molecule has 3 aromatic heterocycles. The largest absolute Gasteiger partial charge is 0.352 e. The molecule has 1 fully saturated rings. The molecule has 1 amide bonds. The van der Waals surface area contributed by atoms with E-state index in [1.54, 1.807) is 15.7 Å². The summed E-state index contributed by atoms with van der Waals surface area (Å²) in [5.74, 6) is 1.29. The smallest absolute Gasteiger partial charge is 0.341 e. The van der Waals surface area contributed by atoms with Gasteiger partial charge >= 0.3 is 5.69 Å². The van der Waals surface area contributed by atoms with E-state index >= 15 is 0 Å². The lowest BCUT2D eigenvalue weighted by molar-refractivity contribution is -0.131. The summed E-state index contributed by atoms with van der Waals surface area (Å²) >= 11 is 1.73. The Morgan fingerprint density at radius 1 is 1.30 bits per heavy atom. The zero-order valence-corrected chi connectivity index (χ0v) is 16.5. The molecule has 2 aliphatic rings. The Morgan fingerprint density at radius 2 is 2.07 bits per heavy atom. The number of nitrogens with zero attached hydrogens (tertiary/aromatic N) is 5. The van der Waals surface area contributed by atoms with Gasteiger partial charge in [-0.05, 0) is 50.5 Å². The van der Waals surface area contributed by atoms with E-state index in [2.05, 4.69) is 12.0 Å². The molecule has 142 valence electrons.